The lowest BCUT2D eigenvalue weighted by molar-refractivity contribution is 0.202. The second-order valence-electron chi connectivity index (χ2n) is 6.98. The van der Waals surface area contributed by atoms with Gasteiger partial charge in [0.05, 0.1) is 18.3 Å². The predicted octanol–water partition coefficient (Wildman–Crippen LogP) is 2.75. The first-order chi connectivity index (χ1) is 12.1. The van der Waals surface area contributed by atoms with Gasteiger partial charge in [0.1, 0.15) is 0 Å². The summed E-state index contributed by atoms with van der Waals surface area (Å²) in [7, 11) is 0. The van der Waals surface area contributed by atoms with Crippen LogP contribution in [-0.2, 0) is 6.42 Å². The fourth-order valence-electron chi connectivity index (χ4n) is 2.82. The van der Waals surface area contributed by atoms with E-state index in [0.717, 1.165) is 24.1 Å². The summed E-state index contributed by atoms with van der Waals surface area (Å²) in [6.07, 6.45) is 4.35. The highest BCUT2D eigenvalue weighted by molar-refractivity contribution is 5.74. The third kappa shape index (κ3) is 4.79. The highest BCUT2D eigenvalue weighted by Gasteiger charge is 2.42. The minimum absolute atomic E-state index is 0.102. The van der Waals surface area contributed by atoms with Crippen LogP contribution in [0.4, 0.5) is 4.79 Å². The minimum atomic E-state index is -0.220. The van der Waals surface area contributed by atoms with Crippen LogP contribution in [0.2, 0.25) is 0 Å². The third-order valence-corrected chi connectivity index (χ3v) is 4.83. The van der Waals surface area contributed by atoms with E-state index < -0.39 is 0 Å². The summed E-state index contributed by atoms with van der Waals surface area (Å²) < 4.78 is 0. The summed E-state index contributed by atoms with van der Waals surface area (Å²) in [6, 6.07) is 13.6. The fourth-order valence-corrected chi connectivity index (χ4v) is 2.82. The Morgan fingerprint density at radius 3 is 2.60 bits per heavy atom. The third-order valence-electron chi connectivity index (χ3n) is 4.83. The number of aliphatic hydroxyl groups is 1. The summed E-state index contributed by atoms with van der Waals surface area (Å²) in [6.45, 7) is 2.69. The summed E-state index contributed by atoms with van der Waals surface area (Å²) in [4.78, 5) is 16.7. The van der Waals surface area contributed by atoms with Crippen molar-refractivity contribution in [3.8, 4) is 0 Å². The lowest BCUT2D eigenvalue weighted by Gasteiger charge is -2.20. The van der Waals surface area contributed by atoms with Crippen LogP contribution in [0.1, 0.15) is 35.7 Å². The van der Waals surface area contributed by atoms with Gasteiger partial charge in [0, 0.05) is 18.2 Å². The van der Waals surface area contributed by atoms with Gasteiger partial charge in [-0.1, -0.05) is 35.9 Å². The quantitative estimate of drug-likeness (QED) is 0.726. The predicted molar refractivity (Wildman–Crippen MR) is 97.1 cm³/mol. The molecule has 1 aromatic carbocycles. The van der Waals surface area contributed by atoms with E-state index in [0.29, 0.717) is 13.0 Å². The van der Waals surface area contributed by atoms with E-state index in [-0.39, 0.29) is 24.1 Å². The van der Waals surface area contributed by atoms with E-state index in [9.17, 15) is 9.90 Å². The Hall–Kier alpha value is -2.40. The molecule has 3 N–H and O–H groups in total. The average Bonchev–Trinajstić information content (AvgIpc) is 3.43. The number of amides is 2. The first-order valence-electron chi connectivity index (χ1n) is 8.72. The Morgan fingerprint density at radius 2 is 2.00 bits per heavy atom. The van der Waals surface area contributed by atoms with Gasteiger partial charge < -0.3 is 15.7 Å². The molecule has 1 unspecified atom stereocenters. The van der Waals surface area contributed by atoms with Gasteiger partial charge in [-0.05, 0) is 43.9 Å². The number of hydrogen-bond donors (Lipinski definition) is 3. The molecule has 3 rings (SSSR count). The van der Waals surface area contributed by atoms with Crippen LogP contribution in [0.15, 0.2) is 48.7 Å². The van der Waals surface area contributed by atoms with E-state index in [4.69, 9.17) is 0 Å². The minimum Gasteiger partial charge on any atom is -0.396 e. The number of rotatable bonds is 7. The highest BCUT2D eigenvalue weighted by Crippen LogP contribution is 2.44. The van der Waals surface area contributed by atoms with Gasteiger partial charge in [0.25, 0.3) is 0 Å². The zero-order valence-electron chi connectivity index (χ0n) is 14.5. The molecule has 1 fully saturated rings. The van der Waals surface area contributed by atoms with Gasteiger partial charge >= 0.3 is 6.03 Å². The number of aromatic nitrogens is 1. The molecule has 0 saturated heterocycles. The number of nitrogens with zero attached hydrogens (tertiary/aromatic N) is 1. The van der Waals surface area contributed by atoms with Crippen molar-refractivity contribution in [2.45, 2.75) is 32.2 Å². The number of aryl methyl sites for hydroxylation is 1. The molecule has 1 aliphatic rings. The molecule has 0 spiro atoms. The molecule has 132 valence electrons. The van der Waals surface area contributed by atoms with Gasteiger partial charge in [0.15, 0.2) is 0 Å². The Morgan fingerprint density at radius 1 is 1.24 bits per heavy atom. The second-order valence-corrected chi connectivity index (χ2v) is 6.98. The highest BCUT2D eigenvalue weighted by atomic mass is 16.3. The van der Waals surface area contributed by atoms with Gasteiger partial charge in [-0.15, -0.1) is 0 Å². The summed E-state index contributed by atoms with van der Waals surface area (Å²) in [5.74, 6) is 0. The number of carbonyl (C=O) groups is 1. The molecule has 0 aliphatic heterocycles. The molecule has 1 heterocycles. The molecule has 2 amide bonds. The van der Waals surface area contributed by atoms with E-state index in [1.165, 1.54) is 5.56 Å². The van der Waals surface area contributed by atoms with Crippen molar-refractivity contribution < 1.29 is 9.90 Å². The lowest BCUT2D eigenvalue weighted by Crippen LogP contribution is -2.42. The molecule has 1 aromatic heterocycles. The summed E-state index contributed by atoms with van der Waals surface area (Å²) in [5, 5.41) is 15.3. The van der Waals surface area contributed by atoms with Crippen LogP contribution in [0.3, 0.4) is 0 Å². The smallest absolute Gasteiger partial charge is 0.315 e. The number of carbonyl (C=O) groups excluding carboxylic acids is 1. The average molecular weight is 339 g/mol. The van der Waals surface area contributed by atoms with Crippen molar-refractivity contribution in [1.82, 2.24) is 15.6 Å². The van der Waals surface area contributed by atoms with E-state index in [1.807, 2.05) is 18.2 Å². The van der Waals surface area contributed by atoms with Crippen LogP contribution in [0.5, 0.6) is 0 Å². The number of pyridine rings is 1. The van der Waals surface area contributed by atoms with Crippen molar-refractivity contribution in [2.75, 3.05) is 13.2 Å². The Bertz CT molecular complexity index is 697. The summed E-state index contributed by atoms with van der Waals surface area (Å²) >= 11 is 0. The number of urea groups is 1. The van der Waals surface area contributed by atoms with E-state index in [2.05, 4.69) is 46.8 Å². The number of aliphatic hydroxyl groups excluding tert-OH is 1. The van der Waals surface area contributed by atoms with Crippen LogP contribution in [0.25, 0.3) is 0 Å². The second kappa shape index (κ2) is 7.66. The van der Waals surface area contributed by atoms with Crippen molar-refractivity contribution in [3.05, 3.63) is 65.5 Å². The van der Waals surface area contributed by atoms with E-state index in [1.54, 1.807) is 6.20 Å². The molecule has 5 heteroatoms. The molecule has 0 bridgehead atoms. The topological polar surface area (TPSA) is 74.2 Å². The first-order valence-corrected chi connectivity index (χ1v) is 8.72. The molecule has 5 nitrogen and oxygen atoms in total. The summed E-state index contributed by atoms with van der Waals surface area (Å²) in [5.41, 5.74) is 3.09. The molecule has 25 heavy (non-hydrogen) atoms. The van der Waals surface area contributed by atoms with Gasteiger partial charge in [-0.2, -0.15) is 0 Å². The van der Waals surface area contributed by atoms with Gasteiger partial charge in [0.2, 0.25) is 0 Å². The zero-order valence-corrected chi connectivity index (χ0v) is 14.5. The van der Waals surface area contributed by atoms with Crippen LogP contribution < -0.4 is 10.6 Å². The largest absolute Gasteiger partial charge is 0.396 e. The number of nitrogens with one attached hydrogen (secondary N) is 2. The Balaban J connectivity index is 1.66. The van der Waals surface area contributed by atoms with Crippen LogP contribution in [0, 0.1) is 12.3 Å². The monoisotopic (exact) mass is 339 g/mol. The molecular formula is C20H25N3O2. The molecule has 1 atom stereocenters. The fraction of sp³-hybridized carbons (Fsp3) is 0.400. The first kappa shape index (κ1) is 17.4. The maximum Gasteiger partial charge on any atom is 0.315 e. The normalized spacial score (nSPS) is 16.1. The van der Waals surface area contributed by atoms with Crippen molar-refractivity contribution in [3.63, 3.8) is 0 Å². The van der Waals surface area contributed by atoms with Gasteiger partial charge in [-0.3, -0.25) is 4.98 Å². The van der Waals surface area contributed by atoms with E-state index >= 15 is 0 Å². The molecule has 2 aromatic rings. The van der Waals surface area contributed by atoms with Crippen LogP contribution >= 0.6 is 0 Å². The molecular weight excluding hydrogens is 314 g/mol. The Kier molecular flexibility index (Phi) is 5.34. The Labute approximate surface area is 148 Å². The standard InChI is InChI=1S/C20H25N3O2/c1-15-5-7-16(8-6-15)12-18(17-4-2-3-11-21-17)23-19(25)22-13-20(14-24)9-10-20/h2-8,11,18,24H,9-10,12-14H2,1H3,(H2,22,23,25). The molecule has 0 radical (unpaired) electrons. The van der Waals surface area contributed by atoms with Crippen molar-refractivity contribution in [1.29, 1.82) is 0 Å². The molecule has 1 aliphatic carbocycles. The van der Waals surface area contributed by atoms with Crippen molar-refractivity contribution >= 4 is 6.03 Å². The van der Waals surface area contributed by atoms with Gasteiger partial charge in [-0.25, -0.2) is 4.79 Å². The SMILES string of the molecule is Cc1ccc(CC(NC(=O)NCC2(CO)CC2)c2ccccn2)cc1. The maximum atomic E-state index is 12.3. The zero-order chi connectivity index (χ0) is 17.7. The maximum absolute atomic E-state index is 12.3. The van der Waals surface area contributed by atoms with Crippen molar-refractivity contribution in [2.24, 2.45) is 5.41 Å². The number of benzene rings is 1. The lowest BCUT2D eigenvalue weighted by atomic mass is 10.0. The number of hydrogen-bond acceptors (Lipinski definition) is 3. The van der Waals surface area contributed by atoms with Crippen LogP contribution in [-0.4, -0.2) is 29.3 Å². The molecule has 1 saturated carbocycles.